The third kappa shape index (κ3) is 3.81. The van der Waals surface area contributed by atoms with E-state index in [0.717, 1.165) is 0 Å². The van der Waals surface area contributed by atoms with Gasteiger partial charge in [-0.15, -0.1) is 0 Å². The van der Waals surface area contributed by atoms with Crippen LogP contribution in [0.2, 0.25) is 0 Å². The lowest BCUT2D eigenvalue weighted by Gasteiger charge is -2.01. The van der Waals surface area contributed by atoms with Crippen LogP contribution in [0.5, 0.6) is 23.0 Å². The van der Waals surface area contributed by atoms with Crippen LogP contribution in [0.4, 0.5) is 0 Å². The number of hydrogen-bond donors (Lipinski definition) is 4. The lowest BCUT2D eigenvalue weighted by atomic mass is 10.1. The van der Waals surface area contributed by atoms with Crippen LogP contribution in [0.25, 0.3) is 0 Å². The summed E-state index contributed by atoms with van der Waals surface area (Å²) in [6.45, 7) is 3.54. The molecule has 4 N–H and O–H groups in total. The van der Waals surface area contributed by atoms with Crippen molar-refractivity contribution in [2.75, 3.05) is 0 Å². The summed E-state index contributed by atoms with van der Waals surface area (Å²) >= 11 is 0. The minimum atomic E-state index is 0.134. The molecule has 2 aromatic carbocycles. The van der Waals surface area contributed by atoms with Gasteiger partial charge in [0.1, 0.15) is 23.0 Å². The highest BCUT2D eigenvalue weighted by atomic mass is 16.3. The Bertz CT molecular complexity index is 509. The van der Waals surface area contributed by atoms with Gasteiger partial charge in [0.2, 0.25) is 0 Å². The van der Waals surface area contributed by atoms with Gasteiger partial charge in [-0.1, -0.05) is 19.1 Å². The van der Waals surface area contributed by atoms with E-state index in [9.17, 15) is 0 Å². The Morgan fingerprint density at radius 3 is 1.37 bits per heavy atom. The van der Waals surface area contributed by atoms with Gasteiger partial charge in [0.05, 0.1) is 0 Å². The van der Waals surface area contributed by atoms with Crippen molar-refractivity contribution in [2.24, 2.45) is 0 Å². The molecule has 0 bridgehead atoms. The quantitative estimate of drug-likeness (QED) is 0.636. The summed E-state index contributed by atoms with van der Waals surface area (Å²) in [5.74, 6) is 0.606. The van der Waals surface area contributed by atoms with Crippen molar-refractivity contribution >= 4 is 0 Å². The van der Waals surface area contributed by atoms with Crippen LogP contribution >= 0.6 is 0 Å². The molecule has 4 heteroatoms. The first kappa shape index (κ1) is 14.7. The highest BCUT2D eigenvalue weighted by Gasteiger charge is 2.01. The van der Waals surface area contributed by atoms with Gasteiger partial charge in [-0.3, -0.25) is 0 Å². The summed E-state index contributed by atoms with van der Waals surface area (Å²) < 4.78 is 0. The van der Waals surface area contributed by atoms with E-state index in [1.165, 1.54) is 12.1 Å². The second-order valence-electron chi connectivity index (χ2n) is 4.05. The molecule has 19 heavy (non-hydrogen) atoms. The molecule has 102 valence electrons. The molecule has 0 aliphatic heterocycles. The third-order valence-electron chi connectivity index (χ3n) is 2.76. The molecule has 0 fully saturated rings. The summed E-state index contributed by atoms with van der Waals surface area (Å²) in [5.41, 5.74) is 1.14. The van der Waals surface area contributed by atoms with E-state index in [1.54, 1.807) is 31.2 Å². The molecular weight excluding hydrogens is 244 g/mol. The normalized spacial score (nSPS) is 9.58. The highest BCUT2D eigenvalue weighted by molar-refractivity contribution is 5.42. The molecule has 0 unspecified atom stereocenters. The molecule has 0 amide bonds. The molecule has 0 saturated carbocycles. The van der Waals surface area contributed by atoms with Crippen LogP contribution in [0.1, 0.15) is 18.1 Å². The molecule has 0 aliphatic rings. The minimum Gasteiger partial charge on any atom is -0.508 e. The van der Waals surface area contributed by atoms with Crippen LogP contribution in [-0.4, -0.2) is 20.4 Å². The van der Waals surface area contributed by atoms with E-state index in [0.29, 0.717) is 17.5 Å². The van der Waals surface area contributed by atoms with Gasteiger partial charge in [-0.25, -0.2) is 0 Å². The minimum absolute atomic E-state index is 0.134. The Morgan fingerprint density at radius 2 is 1.11 bits per heavy atom. The topological polar surface area (TPSA) is 80.9 Å². The second kappa shape index (κ2) is 6.54. The zero-order chi connectivity index (χ0) is 14.4. The molecule has 2 aromatic rings. The van der Waals surface area contributed by atoms with Gasteiger partial charge in [-0.2, -0.15) is 0 Å². The number of phenols is 4. The Morgan fingerprint density at radius 1 is 0.737 bits per heavy atom. The largest absolute Gasteiger partial charge is 0.508 e. The highest BCUT2D eigenvalue weighted by Crippen LogP contribution is 2.26. The standard InChI is InChI=1S/C8H10O2.C7H8O2/c1-2-6-7(9)4-3-5-8(6)10;1-5-6(8)3-2-4-7(5)9/h3-5,9-10H,2H2,1H3;2-4,8-9H,1H3. The van der Waals surface area contributed by atoms with Crippen molar-refractivity contribution in [2.45, 2.75) is 20.3 Å². The fourth-order valence-electron chi connectivity index (χ4n) is 1.54. The van der Waals surface area contributed by atoms with E-state index in [-0.39, 0.29) is 23.0 Å². The molecule has 0 aliphatic carbocycles. The predicted molar refractivity (Wildman–Crippen MR) is 73.7 cm³/mol. The lowest BCUT2D eigenvalue weighted by Crippen LogP contribution is -1.81. The zero-order valence-corrected chi connectivity index (χ0v) is 11.0. The first-order chi connectivity index (χ1) is 8.97. The average molecular weight is 262 g/mol. The van der Waals surface area contributed by atoms with Gasteiger partial charge in [-0.05, 0) is 37.6 Å². The monoisotopic (exact) mass is 262 g/mol. The van der Waals surface area contributed by atoms with Gasteiger partial charge in [0.25, 0.3) is 0 Å². The van der Waals surface area contributed by atoms with Crippen LogP contribution in [-0.2, 0) is 6.42 Å². The van der Waals surface area contributed by atoms with Crippen LogP contribution in [0, 0.1) is 6.92 Å². The molecule has 2 rings (SSSR count). The maximum Gasteiger partial charge on any atom is 0.122 e. The number of hydrogen-bond acceptors (Lipinski definition) is 4. The Kier molecular flexibility index (Phi) is 5.06. The molecule has 0 saturated heterocycles. The third-order valence-corrected chi connectivity index (χ3v) is 2.76. The molecule has 0 radical (unpaired) electrons. The van der Waals surface area contributed by atoms with Crippen LogP contribution < -0.4 is 0 Å². The van der Waals surface area contributed by atoms with E-state index in [1.807, 2.05) is 6.92 Å². The summed E-state index contributed by atoms with van der Waals surface area (Å²) in [4.78, 5) is 0. The van der Waals surface area contributed by atoms with Crippen LogP contribution in [0.15, 0.2) is 36.4 Å². The smallest absolute Gasteiger partial charge is 0.122 e. The molecular formula is C15H18O4. The number of rotatable bonds is 1. The molecule has 4 nitrogen and oxygen atoms in total. The van der Waals surface area contributed by atoms with E-state index >= 15 is 0 Å². The summed E-state index contributed by atoms with van der Waals surface area (Å²) in [6.07, 6.45) is 0.651. The van der Waals surface area contributed by atoms with Crippen molar-refractivity contribution in [3.8, 4) is 23.0 Å². The zero-order valence-electron chi connectivity index (χ0n) is 11.0. The van der Waals surface area contributed by atoms with Gasteiger partial charge in [0.15, 0.2) is 0 Å². The van der Waals surface area contributed by atoms with E-state index < -0.39 is 0 Å². The average Bonchev–Trinajstić information content (AvgIpc) is 2.37. The van der Waals surface area contributed by atoms with Crippen LogP contribution in [0.3, 0.4) is 0 Å². The van der Waals surface area contributed by atoms with Gasteiger partial charge in [0, 0.05) is 11.1 Å². The molecule has 0 atom stereocenters. The number of aromatic hydroxyl groups is 4. The summed E-state index contributed by atoms with van der Waals surface area (Å²) in [5, 5.41) is 36.1. The first-order valence-electron chi connectivity index (χ1n) is 5.94. The lowest BCUT2D eigenvalue weighted by molar-refractivity contribution is 0.439. The van der Waals surface area contributed by atoms with Gasteiger partial charge < -0.3 is 20.4 Å². The van der Waals surface area contributed by atoms with Gasteiger partial charge >= 0.3 is 0 Å². The van der Waals surface area contributed by atoms with E-state index in [2.05, 4.69) is 0 Å². The SMILES string of the molecule is CCc1c(O)cccc1O.Cc1c(O)cccc1O. The summed E-state index contributed by atoms with van der Waals surface area (Å²) in [6, 6.07) is 9.42. The first-order valence-corrected chi connectivity index (χ1v) is 5.94. The Balaban J connectivity index is 0.000000191. The fourth-order valence-corrected chi connectivity index (χ4v) is 1.54. The predicted octanol–water partition coefficient (Wildman–Crippen LogP) is 3.07. The molecule has 0 spiro atoms. The number of phenolic OH excluding ortho intramolecular Hbond substituents is 4. The van der Waals surface area contributed by atoms with Crippen molar-refractivity contribution in [1.82, 2.24) is 0 Å². The van der Waals surface area contributed by atoms with Crippen molar-refractivity contribution in [3.05, 3.63) is 47.5 Å². The van der Waals surface area contributed by atoms with Crippen molar-refractivity contribution in [1.29, 1.82) is 0 Å². The molecule has 0 aromatic heterocycles. The maximum absolute atomic E-state index is 9.13. The van der Waals surface area contributed by atoms with Crippen molar-refractivity contribution < 1.29 is 20.4 Å². The fraction of sp³-hybridized carbons (Fsp3) is 0.200. The Labute approximate surface area is 112 Å². The van der Waals surface area contributed by atoms with E-state index in [4.69, 9.17) is 20.4 Å². The van der Waals surface area contributed by atoms with Crippen molar-refractivity contribution in [3.63, 3.8) is 0 Å². The second-order valence-corrected chi connectivity index (χ2v) is 4.05. The Hall–Kier alpha value is -2.36. The maximum atomic E-state index is 9.13. The number of benzene rings is 2. The summed E-state index contributed by atoms with van der Waals surface area (Å²) in [7, 11) is 0. The molecule has 0 heterocycles.